The molecule has 0 N–H and O–H groups in total. The SMILES string of the molecule is CC[N+](CC)(CC)CC.CC[N+](CC)(CC)CC.CC[N+](CC)(CC)CC.O=C([O-])[O-].O=C[O-]. The minimum Gasteiger partial charge on any atom is -0.652 e. The van der Waals surface area contributed by atoms with E-state index in [1.807, 2.05) is 0 Å². The van der Waals surface area contributed by atoms with Gasteiger partial charge in [-0.25, -0.2) is 0 Å². The van der Waals surface area contributed by atoms with Gasteiger partial charge in [-0.15, -0.1) is 0 Å². The first-order valence-corrected chi connectivity index (χ1v) is 13.4. The van der Waals surface area contributed by atoms with Crippen LogP contribution in [0.5, 0.6) is 0 Å². The predicted molar refractivity (Wildman–Crippen MR) is 139 cm³/mol. The van der Waals surface area contributed by atoms with E-state index in [4.69, 9.17) is 24.9 Å². The molecule has 0 spiro atoms. The third-order valence-electron chi connectivity index (χ3n) is 8.05. The molecule has 0 aromatic carbocycles. The van der Waals surface area contributed by atoms with Gasteiger partial charge >= 0.3 is 0 Å². The molecule has 0 aromatic heterocycles. The van der Waals surface area contributed by atoms with E-state index in [0.29, 0.717) is 0 Å². The number of carboxylic acid groups (broad SMARTS) is 3. The van der Waals surface area contributed by atoms with Crippen molar-refractivity contribution >= 4 is 12.6 Å². The molecular formula is C26H61N3O5. The van der Waals surface area contributed by atoms with E-state index in [2.05, 4.69) is 83.1 Å². The van der Waals surface area contributed by atoms with Crippen LogP contribution in [0.4, 0.5) is 4.79 Å². The summed E-state index contributed by atoms with van der Waals surface area (Å²) in [4.78, 5) is 16.6. The van der Waals surface area contributed by atoms with Crippen LogP contribution in [0.15, 0.2) is 0 Å². The Labute approximate surface area is 213 Å². The maximum atomic E-state index is 8.33. The van der Waals surface area contributed by atoms with Gasteiger partial charge < -0.3 is 38.4 Å². The van der Waals surface area contributed by atoms with E-state index < -0.39 is 12.6 Å². The molecule has 0 atom stereocenters. The second kappa shape index (κ2) is 27.9. The smallest absolute Gasteiger partial charge is 0.0757 e. The average molecular weight is 496 g/mol. The summed E-state index contributed by atoms with van der Waals surface area (Å²) >= 11 is 0. The first-order chi connectivity index (χ1) is 15.9. The van der Waals surface area contributed by atoms with Crippen LogP contribution in [-0.4, -0.2) is 105 Å². The Kier molecular flexibility index (Phi) is 35.0. The van der Waals surface area contributed by atoms with Crippen LogP contribution < -0.4 is 15.3 Å². The summed E-state index contributed by atoms with van der Waals surface area (Å²) in [5, 5.41) is 24.9. The van der Waals surface area contributed by atoms with Crippen LogP contribution in [0.2, 0.25) is 0 Å². The molecule has 0 amide bonds. The molecule has 0 saturated heterocycles. The average Bonchev–Trinajstić information content (AvgIpc) is 2.86. The summed E-state index contributed by atoms with van der Waals surface area (Å²) in [5.41, 5.74) is 0. The zero-order valence-corrected chi connectivity index (χ0v) is 24.9. The summed E-state index contributed by atoms with van der Waals surface area (Å²) in [5.74, 6) is 0. The van der Waals surface area contributed by atoms with Crippen LogP contribution in [0.3, 0.4) is 0 Å². The molecule has 0 heterocycles. The fourth-order valence-electron chi connectivity index (χ4n) is 4.02. The van der Waals surface area contributed by atoms with Crippen LogP contribution in [0.25, 0.3) is 0 Å². The Balaban J connectivity index is -0.000000109. The van der Waals surface area contributed by atoms with E-state index in [0.717, 1.165) is 0 Å². The highest BCUT2D eigenvalue weighted by Gasteiger charge is 2.17. The fraction of sp³-hybridized carbons (Fsp3) is 0.923. The Hall–Kier alpha value is -1.38. The lowest BCUT2D eigenvalue weighted by Gasteiger charge is -2.34. The number of carbonyl (C=O) groups is 2. The lowest BCUT2D eigenvalue weighted by Crippen LogP contribution is -2.47. The van der Waals surface area contributed by atoms with E-state index in [1.54, 1.807) is 0 Å². The van der Waals surface area contributed by atoms with Gasteiger partial charge in [0.2, 0.25) is 0 Å². The third-order valence-corrected chi connectivity index (χ3v) is 8.05. The molecule has 0 fully saturated rings. The van der Waals surface area contributed by atoms with Gasteiger partial charge in [-0.3, -0.25) is 0 Å². The molecule has 8 nitrogen and oxygen atoms in total. The standard InChI is InChI=1S/3C8H20N.CH2O3.CH2O2/c3*1-5-9(6-2,7-3)8-4;2-1(3)4;2-1-3/h3*5-8H2,1-4H3;(H2,2,3,4);1H,(H,2,3)/q3*+1;;/p-3. The number of hydrogen-bond acceptors (Lipinski definition) is 5. The number of nitrogens with zero attached hydrogens (tertiary/aromatic N) is 3. The molecule has 0 aliphatic carbocycles. The lowest BCUT2D eigenvalue weighted by molar-refractivity contribution is -0.921. The molecule has 210 valence electrons. The highest BCUT2D eigenvalue weighted by Crippen LogP contribution is 2.04. The molecule has 0 radical (unpaired) electrons. The van der Waals surface area contributed by atoms with Gasteiger partial charge in [0.15, 0.2) is 0 Å². The van der Waals surface area contributed by atoms with Gasteiger partial charge in [0.1, 0.15) is 0 Å². The molecule has 8 heteroatoms. The molecule has 0 bridgehead atoms. The van der Waals surface area contributed by atoms with Gasteiger partial charge in [-0.05, 0) is 89.2 Å². The van der Waals surface area contributed by atoms with E-state index in [9.17, 15) is 0 Å². The molecule has 0 aliphatic heterocycles. The maximum absolute atomic E-state index is 8.33. The van der Waals surface area contributed by atoms with Gasteiger partial charge in [-0.2, -0.15) is 0 Å². The summed E-state index contributed by atoms with van der Waals surface area (Å²) in [7, 11) is 0. The van der Waals surface area contributed by atoms with Gasteiger partial charge in [0, 0.05) is 6.47 Å². The number of carbonyl (C=O) groups excluding carboxylic acids is 2. The second-order valence-electron chi connectivity index (χ2n) is 8.17. The van der Waals surface area contributed by atoms with Gasteiger partial charge in [0.05, 0.1) is 78.5 Å². The summed E-state index contributed by atoms with van der Waals surface area (Å²) in [6.45, 7) is 42.2. The highest BCUT2D eigenvalue weighted by molar-refractivity contribution is 5.47. The van der Waals surface area contributed by atoms with Crippen molar-refractivity contribution in [3.8, 4) is 0 Å². The number of rotatable bonds is 12. The minimum absolute atomic E-state index is 0.500. The number of hydrogen-bond donors (Lipinski definition) is 0. The zero-order valence-electron chi connectivity index (χ0n) is 24.9. The zero-order chi connectivity index (χ0) is 28.3. The van der Waals surface area contributed by atoms with E-state index in [1.165, 1.54) is 92.0 Å². The Morgan fingerprint density at radius 3 is 0.529 bits per heavy atom. The molecule has 0 aromatic rings. The van der Waals surface area contributed by atoms with Crippen LogP contribution in [0.1, 0.15) is 83.1 Å². The topological polar surface area (TPSA) is 103 Å². The molecule has 0 rings (SSSR count). The maximum Gasteiger partial charge on any atom is 0.0757 e. The largest absolute Gasteiger partial charge is 0.652 e. The second-order valence-corrected chi connectivity index (χ2v) is 8.17. The minimum atomic E-state index is -2.33. The predicted octanol–water partition coefficient (Wildman–Crippen LogP) is 1.57. The van der Waals surface area contributed by atoms with Crippen LogP contribution >= 0.6 is 0 Å². The Morgan fingerprint density at radius 2 is 0.529 bits per heavy atom. The van der Waals surface area contributed by atoms with Gasteiger partial charge in [-0.1, -0.05) is 0 Å². The van der Waals surface area contributed by atoms with Crippen molar-refractivity contribution in [3.05, 3.63) is 0 Å². The van der Waals surface area contributed by atoms with Crippen molar-refractivity contribution in [2.75, 3.05) is 78.5 Å². The Bertz CT molecular complexity index is 319. The lowest BCUT2D eigenvalue weighted by atomic mass is 10.3. The monoisotopic (exact) mass is 495 g/mol. The molecule has 0 saturated carbocycles. The number of quaternary nitrogens is 3. The summed E-state index contributed by atoms with van der Waals surface area (Å²) in [6, 6.07) is 0. The first kappa shape index (κ1) is 42.8. The van der Waals surface area contributed by atoms with Crippen molar-refractivity contribution in [1.82, 2.24) is 0 Å². The van der Waals surface area contributed by atoms with Crippen molar-refractivity contribution in [2.24, 2.45) is 0 Å². The molecule has 0 unspecified atom stereocenters. The van der Waals surface area contributed by atoms with Gasteiger partial charge in [0.25, 0.3) is 0 Å². The van der Waals surface area contributed by atoms with E-state index >= 15 is 0 Å². The van der Waals surface area contributed by atoms with Crippen molar-refractivity contribution in [1.29, 1.82) is 0 Å². The molecule has 34 heavy (non-hydrogen) atoms. The summed E-state index contributed by atoms with van der Waals surface area (Å²) in [6.07, 6.45) is -2.33. The normalized spacial score (nSPS) is 10.6. The van der Waals surface area contributed by atoms with E-state index in [-0.39, 0.29) is 0 Å². The van der Waals surface area contributed by atoms with Crippen LogP contribution in [0, 0.1) is 0 Å². The van der Waals surface area contributed by atoms with Crippen molar-refractivity contribution in [2.45, 2.75) is 83.1 Å². The van der Waals surface area contributed by atoms with Crippen molar-refractivity contribution in [3.63, 3.8) is 0 Å². The van der Waals surface area contributed by atoms with Crippen molar-refractivity contribution < 1.29 is 38.4 Å². The Morgan fingerprint density at radius 1 is 0.471 bits per heavy atom. The quantitative estimate of drug-likeness (QED) is 0.302. The molecule has 0 aliphatic rings. The highest BCUT2D eigenvalue weighted by atomic mass is 16.6. The van der Waals surface area contributed by atoms with Crippen LogP contribution in [-0.2, 0) is 4.79 Å². The molecular weight excluding hydrogens is 434 g/mol. The third kappa shape index (κ3) is 22.4. The first-order valence-electron chi connectivity index (χ1n) is 13.4. The fourth-order valence-corrected chi connectivity index (χ4v) is 4.02. The summed E-state index contributed by atoms with van der Waals surface area (Å²) < 4.78 is 3.83.